The second-order valence-corrected chi connectivity index (χ2v) is 5.41. The number of benzene rings is 2. The first-order valence-electron chi connectivity index (χ1n) is 6.36. The van der Waals surface area contributed by atoms with Gasteiger partial charge in [0.15, 0.2) is 5.82 Å². The van der Waals surface area contributed by atoms with Crippen LogP contribution < -0.4 is 5.32 Å². The molecular formula is C16H11Cl2FN2. The molecule has 0 fully saturated rings. The van der Waals surface area contributed by atoms with Crippen LogP contribution in [0.15, 0.2) is 48.7 Å². The summed E-state index contributed by atoms with van der Waals surface area (Å²) in [7, 11) is 0. The summed E-state index contributed by atoms with van der Waals surface area (Å²) in [5.74, 6) is -0.601. The van der Waals surface area contributed by atoms with Gasteiger partial charge in [0.1, 0.15) is 0 Å². The van der Waals surface area contributed by atoms with Crippen LogP contribution in [0.4, 0.5) is 10.1 Å². The minimum atomic E-state index is -0.601. The molecule has 2 nitrogen and oxygen atoms in total. The third kappa shape index (κ3) is 2.94. The first-order valence-corrected chi connectivity index (χ1v) is 7.12. The van der Waals surface area contributed by atoms with Crippen molar-refractivity contribution in [2.24, 2.45) is 0 Å². The lowest BCUT2D eigenvalue weighted by Gasteiger charge is -2.10. The number of hydrogen-bond acceptors (Lipinski definition) is 2. The molecule has 0 unspecified atom stereocenters. The lowest BCUT2D eigenvalue weighted by Crippen LogP contribution is -2.01. The number of fused-ring (bicyclic) bond motifs is 1. The number of aromatic nitrogens is 1. The average molecular weight is 321 g/mol. The number of nitrogens with one attached hydrogen (secondary N) is 1. The van der Waals surface area contributed by atoms with Crippen LogP contribution in [0.25, 0.3) is 10.9 Å². The Morgan fingerprint density at radius 2 is 1.76 bits per heavy atom. The van der Waals surface area contributed by atoms with Crippen LogP contribution >= 0.6 is 23.2 Å². The molecule has 0 atom stereocenters. The molecule has 0 aliphatic carbocycles. The maximum Gasteiger partial charge on any atom is 0.160 e. The minimum absolute atomic E-state index is 0.000967. The summed E-state index contributed by atoms with van der Waals surface area (Å²) in [6.45, 7) is 0.548. The van der Waals surface area contributed by atoms with E-state index < -0.39 is 5.82 Å². The van der Waals surface area contributed by atoms with Gasteiger partial charge in [0.25, 0.3) is 0 Å². The third-order valence-corrected chi connectivity index (χ3v) is 3.73. The van der Waals surface area contributed by atoms with E-state index in [1.807, 2.05) is 30.3 Å². The molecule has 0 aliphatic heterocycles. The summed E-state index contributed by atoms with van der Waals surface area (Å²) in [5.41, 5.74) is 2.65. The number of hydrogen-bond donors (Lipinski definition) is 1. The molecule has 1 aromatic heterocycles. The number of para-hydroxylation sites is 1. The molecule has 0 saturated carbocycles. The molecule has 5 heteroatoms. The minimum Gasteiger partial charge on any atom is -0.381 e. The van der Waals surface area contributed by atoms with Gasteiger partial charge in [0.2, 0.25) is 0 Å². The zero-order chi connectivity index (χ0) is 14.8. The number of halogens is 3. The Labute approximate surface area is 131 Å². The number of anilines is 1. The predicted molar refractivity (Wildman–Crippen MR) is 85.5 cm³/mol. The third-order valence-electron chi connectivity index (χ3n) is 3.18. The first kappa shape index (κ1) is 14.1. The molecule has 0 bridgehead atoms. The quantitative estimate of drug-likeness (QED) is 0.663. The maximum atomic E-state index is 13.4. The molecule has 2 aromatic carbocycles. The van der Waals surface area contributed by atoms with Gasteiger partial charge in [0, 0.05) is 23.8 Å². The van der Waals surface area contributed by atoms with Crippen molar-refractivity contribution in [2.45, 2.75) is 6.54 Å². The summed E-state index contributed by atoms with van der Waals surface area (Å²) in [4.78, 5) is 4.39. The predicted octanol–water partition coefficient (Wildman–Crippen LogP) is 5.29. The van der Waals surface area contributed by atoms with Crippen LogP contribution in [-0.4, -0.2) is 4.98 Å². The molecule has 1 N–H and O–H groups in total. The van der Waals surface area contributed by atoms with Crippen molar-refractivity contribution in [2.75, 3.05) is 5.32 Å². The molecule has 106 valence electrons. The Morgan fingerprint density at radius 3 is 2.52 bits per heavy atom. The van der Waals surface area contributed by atoms with E-state index in [1.54, 1.807) is 6.20 Å². The molecule has 3 aromatic rings. The van der Waals surface area contributed by atoms with E-state index >= 15 is 0 Å². The molecule has 0 radical (unpaired) electrons. The summed E-state index contributed by atoms with van der Waals surface area (Å²) < 4.78 is 13.4. The van der Waals surface area contributed by atoms with E-state index in [2.05, 4.69) is 10.3 Å². The number of rotatable bonds is 3. The van der Waals surface area contributed by atoms with Crippen LogP contribution in [0.1, 0.15) is 5.56 Å². The van der Waals surface area contributed by atoms with E-state index in [1.165, 1.54) is 12.1 Å². The van der Waals surface area contributed by atoms with Crippen molar-refractivity contribution < 1.29 is 4.39 Å². The molecule has 0 amide bonds. The highest BCUT2D eigenvalue weighted by atomic mass is 35.5. The fraction of sp³-hybridized carbons (Fsp3) is 0.0625. The highest BCUT2D eigenvalue weighted by molar-refractivity contribution is 6.35. The molecule has 3 rings (SSSR count). The summed E-state index contributed by atoms with van der Waals surface area (Å²) in [6.07, 6.45) is 1.76. The summed E-state index contributed by atoms with van der Waals surface area (Å²) >= 11 is 11.6. The van der Waals surface area contributed by atoms with Crippen molar-refractivity contribution in [1.82, 2.24) is 4.98 Å². The van der Waals surface area contributed by atoms with E-state index in [0.717, 1.165) is 16.5 Å². The second-order valence-electron chi connectivity index (χ2n) is 4.60. The van der Waals surface area contributed by atoms with Crippen molar-refractivity contribution in [1.29, 1.82) is 0 Å². The highest BCUT2D eigenvalue weighted by Crippen LogP contribution is 2.28. The average Bonchev–Trinajstić information content (AvgIpc) is 2.50. The Bertz CT molecular complexity index is 777. The van der Waals surface area contributed by atoms with Crippen LogP contribution in [0.3, 0.4) is 0 Å². The van der Waals surface area contributed by atoms with Gasteiger partial charge in [-0.15, -0.1) is 0 Å². The number of pyridine rings is 1. The second kappa shape index (κ2) is 5.88. The van der Waals surface area contributed by atoms with Crippen molar-refractivity contribution in [3.8, 4) is 0 Å². The molecule has 0 spiro atoms. The summed E-state index contributed by atoms with van der Waals surface area (Å²) in [5, 5.41) is 4.26. The van der Waals surface area contributed by atoms with E-state index in [0.29, 0.717) is 12.2 Å². The molecular weight excluding hydrogens is 310 g/mol. The molecule has 21 heavy (non-hydrogen) atoms. The topological polar surface area (TPSA) is 24.9 Å². The van der Waals surface area contributed by atoms with Crippen molar-refractivity contribution in [3.05, 3.63) is 70.1 Å². The number of nitrogens with zero attached hydrogens (tertiary/aromatic N) is 1. The van der Waals surface area contributed by atoms with Gasteiger partial charge >= 0.3 is 0 Å². The van der Waals surface area contributed by atoms with E-state index in [4.69, 9.17) is 23.2 Å². The Kier molecular flexibility index (Phi) is 3.95. The fourth-order valence-corrected chi connectivity index (χ4v) is 2.65. The lowest BCUT2D eigenvalue weighted by molar-refractivity contribution is 0.629. The zero-order valence-corrected chi connectivity index (χ0v) is 12.4. The fourth-order valence-electron chi connectivity index (χ4n) is 2.16. The van der Waals surface area contributed by atoms with Crippen LogP contribution in [0.5, 0.6) is 0 Å². The lowest BCUT2D eigenvalue weighted by atomic mass is 10.1. The summed E-state index contributed by atoms with van der Waals surface area (Å²) in [6, 6.07) is 12.9. The van der Waals surface area contributed by atoms with Gasteiger partial charge in [-0.2, -0.15) is 0 Å². The molecule has 0 aliphatic rings. The highest BCUT2D eigenvalue weighted by Gasteiger charge is 2.08. The van der Waals surface area contributed by atoms with Gasteiger partial charge in [-0.1, -0.05) is 47.5 Å². The van der Waals surface area contributed by atoms with Crippen LogP contribution in [-0.2, 0) is 6.54 Å². The van der Waals surface area contributed by atoms with E-state index in [-0.39, 0.29) is 10.0 Å². The van der Waals surface area contributed by atoms with Gasteiger partial charge in [0.05, 0.1) is 15.6 Å². The van der Waals surface area contributed by atoms with Crippen molar-refractivity contribution >= 4 is 39.8 Å². The molecule has 1 heterocycles. The Hall–Kier alpha value is -1.84. The van der Waals surface area contributed by atoms with Crippen LogP contribution in [0, 0.1) is 5.82 Å². The van der Waals surface area contributed by atoms with E-state index in [9.17, 15) is 4.39 Å². The van der Waals surface area contributed by atoms with Gasteiger partial charge in [-0.25, -0.2) is 4.39 Å². The smallest absolute Gasteiger partial charge is 0.160 e. The van der Waals surface area contributed by atoms with Gasteiger partial charge in [-0.3, -0.25) is 4.98 Å². The maximum absolute atomic E-state index is 13.4. The normalized spacial score (nSPS) is 10.8. The molecule has 0 saturated heterocycles. The van der Waals surface area contributed by atoms with Crippen LogP contribution in [0.2, 0.25) is 10.0 Å². The van der Waals surface area contributed by atoms with Gasteiger partial charge < -0.3 is 5.32 Å². The SMILES string of the molecule is Fc1c(Cl)cc(NCc2cccc3cccnc23)cc1Cl. The van der Waals surface area contributed by atoms with Crippen molar-refractivity contribution in [3.63, 3.8) is 0 Å². The largest absolute Gasteiger partial charge is 0.381 e. The first-order chi connectivity index (χ1) is 10.1. The Balaban J connectivity index is 1.87. The standard InChI is InChI=1S/C16H11Cl2FN2/c17-13-7-12(8-14(18)15(13)19)21-9-11-4-1-3-10-5-2-6-20-16(10)11/h1-8,21H,9H2. The monoisotopic (exact) mass is 320 g/mol. The van der Waals surface area contributed by atoms with Gasteiger partial charge in [-0.05, 0) is 23.8 Å². The zero-order valence-electron chi connectivity index (χ0n) is 10.9. The Morgan fingerprint density at radius 1 is 1.05 bits per heavy atom.